The van der Waals surface area contributed by atoms with Crippen molar-refractivity contribution in [3.8, 4) is 5.75 Å². The fraction of sp³-hybridized carbons (Fsp3) is 0.522. The van der Waals surface area contributed by atoms with Crippen molar-refractivity contribution in [2.24, 2.45) is 0 Å². The quantitative estimate of drug-likeness (QED) is 0.651. The van der Waals surface area contributed by atoms with Gasteiger partial charge < -0.3 is 14.2 Å². The lowest BCUT2D eigenvalue weighted by Crippen LogP contribution is -2.57. The Morgan fingerprint density at radius 1 is 1.12 bits per heavy atom. The summed E-state index contributed by atoms with van der Waals surface area (Å²) in [6.45, 7) is 3.12. The first-order valence-electron chi connectivity index (χ1n) is 10.8. The fourth-order valence-electron chi connectivity index (χ4n) is 5.15. The van der Waals surface area contributed by atoms with E-state index in [0.29, 0.717) is 49.9 Å². The molecule has 0 unspecified atom stereocenters. The molecule has 1 aromatic heterocycles. The summed E-state index contributed by atoms with van der Waals surface area (Å²) in [7, 11) is 3.38. The summed E-state index contributed by atoms with van der Waals surface area (Å²) in [4.78, 5) is 16.7. The lowest BCUT2D eigenvalue weighted by molar-refractivity contribution is -0.144. The van der Waals surface area contributed by atoms with Crippen LogP contribution in [0.3, 0.4) is 0 Å². The number of methoxy groups -OCH3 is 1. The van der Waals surface area contributed by atoms with Gasteiger partial charge in [-0.25, -0.2) is 4.39 Å². The third kappa shape index (κ3) is 3.56. The summed E-state index contributed by atoms with van der Waals surface area (Å²) in [6.07, 6.45) is -3.12. The number of hydrogen-bond acceptors (Lipinski definition) is 3. The lowest BCUT2D eigenvalue weighted by atomic mass is 9.81. The molecule has 174 valence electrons. The van der Waals surface area contributed by atoms with Crippen molar-refractivity contribution in [1.82, 2.24) is 14.4 Å². The average molecular weight is 453 g/mol. The van der Waals surface area contributed by atoms with Gasteiger partial charge in [0.25, 0.3) is 5.91 Å². The molecule has 1 fully saturated rings. The normalized spacial score (nSPS) is 18.7. The van der Waals surface area contributed by atoms with Gasteiger partial charge in [0.1, 0.15) is 17.3 Å². The van der Waals surface area contributed by atoms with Crippen LogP contribution in [0.4, 0.5) is 17.6 Å². The number of aromatic nitrogens is 1. The Morgan fingerprint density at radius 3 is 2.41 bits per heavy atom. The highest BCUT2D eigenvalue weighted by atomic mass is 19.4. The number of likely N-dealkylation sites (N-methyl/N-ethyl adjacent to an activating group) is 1. The highest BCUT2D eigenvalue weighted by Gasteiger charge is 2.49. The predicted octanol–water partition coefficient (Wildman–Crippen LogP) is 4.29. The number of hydrogen-bond donors (Lipinski definition) is 0. The first-order chi connectivity index (χ1) is 15.1. The molecule has 32 heavy (non-hydrogen) atoms. The molecular weight excluding hydrogens is 426 g/mol. The van der Waals surface area contributed by atoms with Crippen molar-refractivity contribution >= 4 is 5.91 Å². The van der Waals surface area contributed by atoms with Gasteiger partial charge in [0.2, 0.25) is 0 Å². The molecule has 2 aromatic rings. The monoisotopic (exact) mass is 453 g/mol. The minimum atomic E-state index is -4.61. The number of amides is 1. The molecule has 0 saturated carbocycles. The zero-order valence-electron chi connectivity index (χ0n) is 18.4. The van der Waals surface area contributed by atoms with Gasteiger partial charge in [-0.15, -0.1) is 0 Å². The molecule has 3 heterocycles. The van der Waals surface area contributed by atoms with Crippen molar-refractivity contribution in [3.05, 3.63) is 52.6 Å². The van der Waals surface area contributed by atoms with Gasteiger partial charge in [-0.1, -0.05) is 13.0 Å². The second-order valence-corrected chi connectivity index (χ2v) is 8.50. The third-order valence-corrected chi connectivity index (χ3v) is 6.96. The van der Waals surface area contributed by atoms with Crippen molar-refractivity contribution in [2.75, 3.05) is 33.8 Å². The standard InChI is InChI=1S/C23H27F4N3O2/c1-4-15-5-6-16(13-18(15)32-3)21(31)29-9-7-22(8-10-29)20-17(24)14-19(23(25,26)27)30(20)12-11-28(22)2/h5-6,13-14H,4,7-12H2,1-3H3. The smallest absolute Gasteiger partial charge is 0.431 e. The number of ether oxygens (including phenoxy) is 1. The number of fused-ring (bicyclic) bond motifs is 2. The van der Waals surface area contributed by atoms with Gasteiger partial charge >= 0.3 is 6.18 Å². The maximum absolute atomic E-state index is 14.9. The van der Waals surface area contributed by atoms with Crippen molar-refractivity contribution in [1.29, 1.82) is 0 Å². The highest BCUT2D eigenvalue weighted by molar-refractivity contribution is 5.94. The Morgan fingerprint density at radius 2 is 1.81 bits per heavy atom. The number of carbonyl (C=O) groups is 1. The second-order valence-electron chi connectivity index (χ2n) is 8.50. The van der Waals surface area contributed by atoms with E-state index < -0.39 is 23.2 Å². The molecule has 2 aliphatic heterocycles. The number of nitrogens with zero attached hydrogens (tertiary/aromatic N) is 3. The van der Waals surface area contributed by atoms with Gasteiger partial charge in [0, 0.05) is 37.8 Å². The molecule has 1 aromatic carbocycles. The maximum atomic E-state index is 14.9. The minimum absolute atomic E-state index is 0.0819. The summed E-state index contributed by atoms with van der Waals surface area (Å²) in [6, 6.07) is 5.96. The zero-order chi connectivity index (χ0) is 23.3. The first kappa shape index (κ1) is 22.6. The number of alkyl halides is 3. The van der Waals surface area contributed by atoms with E-state index in [9.17, 15) is 22.4 Å². The highest BCUT2D eigenvalue weighted by Crippen LogP contribution is 2.45. The number of aryl methyl sites for hydroxylation is 1. The number of halogens is 4. The van der Waals surface area contributed by atoms with Crippen LogP contribution in [0.1, 0.15) is 47.1 Å². The van der Waals surface area contributed by atoms with Gasteiger partial charge in [0.15, 0.2) is 0 Å². The Labute approximate surface area is 184 Å². The van der Waals surface area contributed by atoms with Gasteiger partial charge in [-0.2, -0.15) is 13.2 Å². The van der Waals surface area contributed by atoms with Crippen molar-refractivity contribution in [2.45, 2.75) is 44.4 Å². The van der Waals surface area contributed by atoms with Crippen LogP contribution in [-0.2, 0) is 24.7 Å². The third-order valence-electron chi connectivity index (χ3n) is 6.96. The van der Waals surface area contributed by atoms with Gasteiger partial charge in [0.05, 0.1) is 18.3 Å². The number of likely N-dealkylation sites (tertiary alicyclic amines) is 1. The number of rotatable bonds is 3. The summed E-state index contributed by atoms with van der Waals surface area (Å²) < 4.78 is 61.7. The maximum Gasteiger partial charge on any atom is 0.431 e. The van der Waals surface area contributed by atoms with E-state index in [1.54, 1.807) is 24.1 Å². The average Bonchev–Trinajstić information content (AvgIpc) is 3.13. The summed E-state index contributed by atoms with van der Waals surface area (Å²) in [5.74, 6) is -0.340. The Hall–Kier alpha value is -2.55. The van der Waals surface area contributed by atoms with Crippen LogP contribution < -0.4 is 4.74 Å². The largest absolute Gasteiger partial charge is 0.496 e. The van der Waals surface area contributed by atoms with Crippen LogP contribution in [0.5, 0.6) is 5.75 Å². The summed E-state index contributed by atoms with van der Waals surface area (Å²) in [5.41, 5.74) is -0.228. The van der Waals surface area contributed by atoms with E-state index in [1.807, 2.05) is 24.9 Å². The van der Waals surface area contributed by atoms with E-state index in [2.05, 4.69) is 0 Å². The topological polar surface area (TPSA) is 37.7 Å². The Balaban J connectivity index is 1.60. The second kappa shape index (κ2) is 8.10. The van der Waals surface area contributed by atoms with Crippen LogP contribution in [0.2, 0.25) is 0 Å². The van der Waals surface area contributed by atoms with E-state index in [-0.39, 0.29) is 18.1 Å². The SMILES string of the molecule is CCc1ccc(C(=O)N2CCC3(CC2)c2c(F)cc(C(F)(F)F)n2CCN3C)cc1OC. The molecule has 9 heteroatoms. The fourth-order valence-corrected chi connectivity index (χ4v) is 5.15. The van der Waals surface area contributed by atoms with Crippen molar-refractivity contribution in [3.63, 3.8) is 0 Å². The van der Waals surface area contributed by atoms with E-state index in [0.717, 1.165) is 16.6 Å². The van der Waals surface area contributed by atoms with Crippen LogP contribution in [-0.4, -0.2) is 54.1 Å². The molecule has 1 spiro atoms. The lowest BCUT2D eigenvalue weighted by Gasteiger charge is -2.50. The molecule has 0 aliphatic carbocycles. The van der Waals surface area contributed by atoms with Gasteiger partial charge in [-0.05, 0) is 44.0 Å². The number of benzene rings is 1. The molecule has 5 nitrogen and oxygen atoms in total. The van der Waals surface area contributed by atoms with E-state index >= 15 is 0 Å². The van der Waals surface area contributed by atoms with Crippen LogP contribution >= 0.6 is 0 Å². The molecule has 0 radical (unpaired) electrons. The summed E-state index contributed by atoms with van der Waals surface area (Å²) in [5, 5.41) is 0. The molecule has 4 rings (SSSR count). The molecule has 1 amide bonds. The van der Waals surface area contributed by atoms with E-state index in [1.165, 1.54) is 0 Å². The first-order valence-corrected chi connectivity index (χ1v) is 10.8. The van der Waals surface area contributed by atoms with Crippen LogP contribution in [0.25, 0.3) is 0 Å². The Kier molecular flexibility index (Phi) is 5.73. The predicted molar refractivity (Wildman–Crippen MR) is 111 cm³/mol. The molecule has 0 atom stereocenters. The molecule has 0 N–H and O–H groups in total. The zero-order valence-corrected chi connectivity index (χ0v) is 18.4. The van der Waals surface area contributed by atoms with E-state index in [4.69, 9.17) is 4.74 Å². The summed E-state index contributed by atoms with van der Waals surface area (Å²) >= 11 is 0. The number of piperidine rings is 1. The number of carbonyl (C=O) groups excluding carboxylic acids is 1. The molecule has 0 bridgehead atoms. The van der Waals surface area contributed by atoms with Crippen LogP contribution in [0, 0.1) is 5.82 Å². The van der Waals surface area contributed by atoms with Crippen LogP contribution in [0.15, 0.2) is 24.3 Å². The van der Waals surface area contributed by atoms with Gasteiger partial charge in [-0.3, -0.25) is 9.69 Å². The molecule has 1 saturated heterocycles. The van der Waals surface area contributed by atoms with Crippen molar-refractivity contribution < 1.29 is 27.1 Å². The molecule has 2 aliphatic rings. The minimum Gasteiger partial charge on any atom is -0.496 e. The Bertz CT molecular complexity index is 1020. The molecular formula is C23H27F4N3O2.